The van der Waals surface area contributed by atoms with Crippen LogP contribution in [0.1, 0.15) is 59.8 Å². The van der Waals surface area contributed by atoms with Gasteiger partial charge in [0.2, 0.25) is 21.8 Å². The van der Waals surface area contributed by atoms with Crippen LogP contribution < -0.4 is 10.2 Å². The van der Waals surface area contributed by atoms with Crippen LogP contribution in [0.2, 0.25) is 0 Å². The van der Waals surface area contributed by atoms with Crippen LogP contribution in [0.15, 0.2) is 35.2 Å². The minimum atomic E-state index is -3.87. The number of nitrogens with zero attached hydrogens (tertiary/aromatic N) is 1. The number of hydrogen-bond donors (Lipinski definition) is 3. The number of carbonyl (C=O) groups excluding carboxylic acids is 3. The summed E-state index contributed by atoms with van der Waals surface area (Å²) in [4.78, 5) is 39.6. The van der Waals surface area contributed by atoms with Gasteiger partial charge in [0.15, 0.2) is 0 Å². The van der Waals surface area contributed by atoms with Gasteiger partial charge in [-0.15, -0.1) is 0 Å². The van der Waals surface area contributed by atoms with Gasteiger partial charge in [-0.1, -0.05) is 38.0 Å². The lowest BCUT2D eigenvalue weighted by molar-refractivity contribution is -0.164. The van der Waals surface area contributed by atoms with Gasteiger partial charge in [-0.3, -0.25) is 14.8 Å². The molecule has 0 saturated carbocycles. The number of amides is 2. The Morgan fingerprint density at radius 2 is 1.85 bits per heavy atom. The Morgan fingerprint density at radius 3 is 2.41 bits per heavy atom. The second-order valence-electron chi connectivity index (χ2n) is 9.49. The van der Waals surface area contributed by atoms with Crippen molar-refractivity contribution < 1.29 is 32.7 Å². The molecule has 0 aromatic heterocycles. The molecule has 1 aromatic carbocycles. The fraction of sp³-hybridized carbons (Fsp3) is 0.609. The van der Waals surface area contributed by atoms with E-state index in [9.17, 15) is 22.8 Å². The first-order chi connectivity index (χ1) is 15.9. The normalized spacial score (nSPS) is 19.5. The van der Waals surface area contributed by atoms with Gasteiger partial charge in [-0.25, -0.2) is 23.4 Å². The lowest BCUT2D eigenvalue weighted by Gasteiger charge is -2.29. The summed E-state index contributed by atoms with van der Waals surface area (Å²) in [6, 6.07) is 6.11. The van der Waals surface area contributed by atoms with Crippen molar-refractivity contribution in [3.63, 3.8) is 0 Å². The average Bonchev–Trinajstić information content (AvgIpc) is 3.18. The number of esters is 1. The van der Waals surface area contributed by atoms with Gasteiger partial charge in [0, 0.05) is 24.9 Å². The molecule has 1 heterocycles. The van der Waals surface area contributed by atoms with Crippen molar-refractivity contribution in [3.8, 4) is 0 Å². The van der Waals surface area contributed by atoms with Crippen molar-refractivity contribution in [3.05, 3.63) is 30.3 Å². The molecule has 11 heteroatoms. The predicted octanol–water partition coefficient (Wildman–Crippen LogP) is 1.98. The molecule has 190 valence electrons. The summed E-state index contributed by atoms with van der Waals surface area (Å²) in [5.41, 5.74) is 0.748. The number of unbranched alkanes of at least 4 members (excludes halogenated alkanes) is 1. The first-order valence-electron chi connectivity index (χ1n) is 11.4. The van der Waals surface area contributed by atoms with Gasteiger partial charge in [-0.05, 0) is 45.7 Å². The molecule has 0 spiro atoms. The van der Waals surface area contributed by atoms with Crippen LogP contribution in [0.3, 0.4) is 0 Å². The Balaban J connectivity index is 2.30. The maximum atomic E-state index is 13.4. The molecule has 0 bridgehead atoms. The Morgan fingerprint density at radius 1 is 1.21 bits per heavy atom. The van der Waals surface area contributed by atoms with Gasteiger partial charge in [0.25, 0.3) is 0 Å². The van der Waals surface area contributed by atoms with Crippen LogP contribution in [0.5, 0.6) is 0 Å². The fourth-order valence-electron chi connectivity index (χ4n) is 3.91. The minimum absolute atomic E-state index is 0.0411. The fourth-order valence-corrected chi connectivity index (χ4v) is 5.17. The summed E-state index contributed by atoms with van der Waals surface area (Å²) in [6.07, 6.45) is 1.65. The van der Waals surface area contributed by atoms with Crippen molar-refractivity contribution in [1.29, 1.82) is 0 Å². The maximum Gasteiger partial charge on any atom is 0.329 e. The number of hydrogen-bond acceptors (Lipinski definition) is 7. The molecular formula is C23H35N3O7S. The Bertz CT molecular complexity index is 961. The second kappa shape index (κ2) is 11.8. The maximum absolute atomic E-state index is 13.4. The first kappa shape index (κ1) is 27.7. The summed E-state index contributed by atoms with van der Waals surface area (Å²) in [6.45, 7) is 7.02. The van der Waals surface area contributed by atoms with E-state index in [1.807, 2.05) is 6.92 Å². The highest BCUT2D eigenvalue weighted by Gasteiger charge is 2.44. The van der Waals surface area contributed by atoms with E-state index < -0.39 is 51.4 Å². The molecule has 3 N–H and O–H groups in total. The number of sulfonamides is 1. The minimum Gasteiger partial charge on any atom is -0.458 e. The summed E-state index contributed by atoms with van der Waals surface area (Å²) < 4.78 is 33.7. The van der Waals surface area contributed by atoms with Gasteiger partial charge >= 0.3 is 5.97 Å². The van der Waals surface area contributed by atoms with Crippen molar-refractivity contribution in [2.75, 3.05) is 6.54 Å². The number of likely N-dealkylation sites (tertiary alicyclic amines) is 1. The van der Waals surface area contributed by atoms with Crippen LogP contribution in [0.4, 0.5) is 0 Å². The molecule has 0 aliphatic carbocycles. The molecule has 34 heavy (non-hydrogen) atoms. The van der Waals surface area contributed by atoms with E-state index in [0.717, 1.165) is 6.42 Å². The quantitative estimate of drug-likeness (QED) is 0.255. The molecule has 2 rings (SSSR count). The summed E-state index contributed by atoms with van der Waals surface area (Å²) in [5, 5.41) is 8.93. The van der Waals surface area contributed by atoms with E-state index in [1.54, 1.807) is 44.5 Å². The number of hydroxylamine groups is 1. The van der Waals surface area contributed by atoms with Crippen molar-refractivity contribution in [2.45, 2.75) is 82.4 Å². The van der Waals surface area contributed by atoms with Crippen LogP contribution >= 0.6 is 0 Å². The molecule has 10 nitrogen and oxygen atoms in total. The molecule has 1 fully saturated rings. The summed E-state index contributed by atoms with van der Waals surface area (Å²) in [5.74, 6) is -2.55. The van der Waals surface area contributed by atoms with Gasteiger partial charge in [-0.2, -0.15) is 0 Å². The third-order valence-corrected chi connectivity index (χ3v) is 6.99. The summed E-state index contributed by atoms with van der Waals surface area (Å²) in [7, 11) is -3.87. The zero-order valence-electron chi connectivity index (χ0n) is 20.1. The highest BCUT2D eigenvalue weighted by atomic mass is 32.2. The number of ether oxygens (including phenoxy) is 1. The highest BCUT2D eigenvalue weighted by molar-refractivity contribution is 7.89. The Labute approximate surface area is 201 Å². The zero-order valence-corrected chi connectivity index (χ0v) is 20.9. The molecule has 0 radical (unpaired) electrons. The first-order valence-corrected chi connectivity index (χ1v) is 12.9. The molecular weight excluding hydrogens is 462 g/mol. The zero-order chi connectivity index (χ0) is 25.5. The Kier molecular flexibility index (Phi) is 9.60. The highest BCUT2D eigenvalue weighted by Crippen LogP contribution is 2.27. The predicted molar refractivity (Wildman–Crippen MR) is 124 cm³/mol. The average molecular weight is 498 g/mol. The molecule has 2 amide bonds. The molecule has 3 atom stereocenters. The van der Waals surface area contributed by atoms with Crippen LogP contribution in [0, 0.1) is 5.92 Å². The van der Waals surface area contributed by atoms with Crippen molar-refractivity contribution in [2.24, 2.45) is 5.92 Å². The van der Waals surface area contributed by atoms with Crippen LogP contribution in [0.25, 0.3) is 0 Å². The third-order valence-electron chi connectivity index (χ3n) is 5.45. The molecule has 1 aromatic rings. The van der Waals surface area contributed by atoms with E-state index in [0.29, 0.717) is 12.8 Å². The monoisotopic (exact) mass is 497 g/mol. The van der Waals surface area contributed by atoms with E-state index in [4.69, 9.17) is 9.94 Å². The van der Waals surface area contributed by atoms with E-state index in [1.165, 1.54) is 17.0 Å². The lowest BCUT2D eigenvalue weighted by atomic mass is 9.96. The molecule has 1 aliphatic rings. The summed E-state index contributed by atoms with van der Waals surface area (Å²) >= 11 is 0. The molecule has 1 saturated heterocycles. The smallest absolute Gasteiger partial charge is 0.329 e. The van der Waals surface area contributed by atoms with Crippen molar-refractivity contribution >= 4 is 27.8 Å². The lowest BCUT2D eigenvalue weighted by Crippen LogP contribution is -2.47. The SMILES string of the molecule is CCCC[C@H](CC(=O)NO)C(=O)N1CC(NS(=O)(=O)c2ccccc2)CC1C(=O)OC(C)(C)C. The van der Waals surface area contributed by atoms with Crippen molar-refractivity contribution in [1.82, 2.24) is 15.1 Å². The van der Waals surface area contributed by atoms with Gasteiger partial charge in [0.1, 0.15) is 11.6 Å². The van der Waals surface area contributed by atoms with E-state index in [2.05, 4.69) is 4.72 Å². The van der Waals surface area contributed by atoms with E-state index in [-0.39, 0.29) is 24.3 Å². The van der Waals surface area contributed by atoms with Gasteiger partial charge in [0.05, 0.1) is 4.90 Å². The van der Waals surface area contributed by atoms with E-state index >= 15 is 0 Å². The Hall–Kier alpha value is -2.50. The topological polar surface area (TPSA) is 142 Å². The second-order valence-corrected chi connectivity index (χ2v) is 11.2. The largest absolute Gasteiger partial charge is 0.458 e. The number of benzene rings is 1. The van der Waals surface area contributed by atoms with Crippen LogP contribution in [-0.4, -0.2) is 60.5 Å². The molecule has 2 unspecified atom stereocenters. The number of nitrogens with one attached hydrogen (secondary N) is 2. The number of rotatable bonds is 10. The van der Waals surface area contributed by atoms with Gasteiger partial charge < -0.3 is 9.64 Å². The van der Waals surface area contributed by atoms with Crippen LogP contribution in [-0.2, 0) is 29.1 Å². The number of carbonyl (C=O) groups is 3. The standard InChI is InChI=1S/C23H35N3O7S/c1-5-6-10-16(13-20(27)24-30)21(28)26-15-17(14-19(26)22(29)33-23(2,3)4)25-34(31,32)18-11-8-7-9-12-18/h7-9,11-12,16-17,19,25,30H,5-6,10,13-15H2,1-4H3,(H,24,27)/t16-,17?,19?/m1/s1. The third kappa shape index (κ3) is 7.78. The molecule has 1 aliphatic heterocycles.